The Hall–Kier alpha value is -3.08. The summed E-state index contributed by atoms with van der Waals surface area (Å²) < 4.78 is 5.99. The number of carbonyl (C=O) groups is 1. The number of halogens is 2. The Bertz CT molecular complexity index is 1440. The number of aryl methyl sites for hydroxylation is 2. The molecule has 0 aliphatic carbocycles. The molecule has 1 unspecified atom stereocenters. The maximum atomic E-state index is 13.6. The number of benzene rings is 3. The molecule has 0 radical (unpaired) electrons. The third-order valence-corrected chi connectivity index (χ3v) is 6.30. The van der Waals surface area contributed by atoms with Crippen LogP contribution in [-0.2, 0) is 0 Å². The molecule has 5 rings (SSSR count). The van der Waals surface area contributed by atoms with Crippen LogP contribution in [-0.4, -0.2) is 5.91 Å². The van der Waals surface area contributed by atoms with Crippen molar-refractivity contribution in [3.8, 4) is 0 Å². The van der Waals surface area contributed by atoms with Gasteiger partial charge < -0.3 is 4.42 Å². The van der Waals surface area contributed by atoms with E-state index >= 15 is 0 Å². The molecule has 0 saturated heterocycles. The van der Waals surface area contributed by atoms with E-state index in [4.69, 9.17) is 27.6 Å². The molecule has 1 aromatic heterocycles. The molecular weight excluding hydrogens is 433 g/mol. The summed E-state index contributed by atoms with van der Waals surface area (Å²) in [5.41, 5.74) is 3.76. The van der Waals surface area contributed by atoms with Gasteiger partial charge >= 0.3 is 0 Å². The topological polar surface area (TPSA) is 50.5 Å². The third kappa shape index (κ3) is 3.14. The first kappa shape index (κ1) is 19.9. The van der Waals surface area contributed by atoms with Gasteiger partial charge in [0.25, 0.3) is 5.91 Å². The Morgan fingerprint density at radius 3 is 2.39 bits per heavy atom. The molecule has 1 amide bonds. The second-order valence-electron chi connectivity index (χ2n) is 7.76. The second-order valence-corrected chi connectivity index (χ2v) is 8.58. The zero-order valence-corrected chi connectivity index (χ0v) is 18.3. The summed E-state index contributed by atoms with van der Waals surface area (Å²) in [5.74, 6) is -0.310. The summed E-state index contributed by atoms with van der Waals surface area (Å²) in [6.45, 7) is 3.86. The number of hydrogen-bond donors (Lipinski definition) is 0. The predicted octanol–water partition coefficient (Wildman–Crippen LogP) is 6.47. The first-order valence-corrected chi connectivity index (χ1v) is 10.5. The Labute approximate surface area is 188 Å². The summed E-state index contributed by atoms with van der Waals surface area (Å²) in [6, 6.07) is 17.4. The van der Waals surface area contributed by atoms with Crippen LogP contribution in [0.1, 0.15) is 38.9 Å². The van der Waals surface area contributed by atoms with Crippen LogP contribution in [0.2, 0.25) is 10.0 Å². The first-order chi connectivity index (χ1) is 14.8. The molecule has 154 valence electrons. The summed E-state index contributed by atoms with van der Waals surface area (Å²) in [7, 11) is 0. The van der Waals surface area contributed by atoms with Gasteiger partial charge in [0.05, 0.1) is 27.0 Å². The van der Waals surface area contributed by atoms with E-state index in [1.165, 1.54) is 0 Å². The average Bonchev–Trinajstić information content (AvgIpc) is 3.03. The van der Waals surface area contributed by atoms with Crippen molar-refractivity contribution < 1.29 is 9.21 Å². The van der Waals surface area contributed by atoms with Crippen molar-refractivity contribution in [3.05, 3.63) is 109 Å². The van der Waals surface area contributed by atoms with E-state index in [9.17, 15) is 9.59 Å². The molecule has 6 heteroatoms. The fourth-order valence-electron chi connectivity index (χ4n) is 4.13. The molecule has 1 atom stereocenters. The number of carbonyl (C=O) groups excluding carboxylic acids is 1. The van der Waals surface area contributed by atoms with E-state index in [2.05, 4.69) is 0 Å². The highest BCUT2D eigenvalue weighted by Gasteiger charge is 2.43. The summed E-state index contributed by atoms with van der Waals surface area (Å²) in [5, 5.41) is 1.20. The van der Waals surface area contributed by atoms with Crippen molar-refractivity contribution in [1.82, 2.24) is 0 Å². The van der Waals surface area contributed by atoms with Gasteiger partial charge in [-0.05, 0) is 61.4 Å². The quantitative estimate of drug-likeness (QED) is 0.352. The molecule has 0 fully saturated rings. The molecule has 0 N–H and O–H groups in total. The molecule has 3 aromatic carbocycles. The van der Waals surface area contributed by atoms with Crippen molar-refractivity contribution in [2.45, 2.75) is 19.9 Å². The van der Waals surface area contributed by atoms with Crippen molar-refractivity contribution in [1.29, 1.82) is 0 Å². The number of anilines is 1. The van der Waals surface area contributed by atoms with Crippen LogP contribution in [0.25, 0.3) is 11.0 Å². The van der Waals surface area contributed by atoms with Gasteiger partial charge in [0, 0.05) is 5.69 Å². The standard InChI is InChI=1S/C25H17Cl2NO3/c1-13-4-3-5-16(10-13)28-22(15-7-8-18(26)19(27)12-15)21-23(29)17-11-14(2)6-9-20(17)31-24(21)25(28)30/h3-12,22H,1-2H3. The van der Waals surface area contributed by atoms with Crippen LogP contribution in [0.3, 0.4) is 0 Å². The lowest BCUT2D eigenvalue weighted by Crippen LogP contribution is -2.29. The van der Waals surface area contributed by atoms with Gasteiger partial charge in [-0.3, -0.25) is 14.5 Å². The van der Waals surface area contributed by atoms with Crippen molar-refractivity contribution in [2.24, 2.45) is 0 Å². The maximum absolute atomic E-state index is 13.6. The minimum atomic E-state index is -0.680. The minimum Gasteiger partial charge on any atom is -0.450 e. The molecule has 1 aliphatic rings. The smallest absolute Gasteiger partial charge is 0.295 e. The lowest BCUT2D eigenvalue weighted by atomic mass is 9.98. The molecule has 1 aliphatic heterocycles. The highest BCUT2D eigenvalue weighted by Crippen LogP contribution is 2.42. The molecule has 0 bridgehead atoms. The van der Waals surface area contributed by atoms with Gasteiger partial charge in [-0.2, -0.15) is 0 Å². The van der Waals surface area contributed by atoms with Gasteiger partial charge in [-0.1, -0.05) is 53.0 Å². The highest BCUT2D eigenvalue weighted by atomic mass is 35.5. The molecule has 4 aromatic rings. The minimum absolute atomic E-state index is 0.0546. The zero-order valence-electron chi connectivity index (χ0n) is 16.8. The zero-order chi connectivity index (χ0) is 21.9. The first-order valence-electron chi connectivity index (χ1n) is 9.77. The summed E-state index contributed by atoms with van der Waals surface area (Å²) in [4.78, 5) is 28.7. The van der Waals surface area contributed by atoms with Gasteiger partial charge in [0.15, 0.2) is 5.43 Å². The van der Waals surface area contributed by atoms with Crippen molar-refractivity contribution >= 4 is 45.8 Å². The van der Waals surface area contributed by atoms with Gasteiger partial charge in [-0.25, -0.2) is 0 Å². The molecule has 4 nitrogen and oxygen atoms in total. The summed E-state index contributed by atoms with van der Waals surface area (Å²) >= 11 is 12.4. The summed E-state index contributed by atoms with van der Waals surface area (Å²) in [6.07, 6.45) is 0. The van der Waals surface area contributed by atoms with Crippen LogP contribution in [0.4, 0.5) is 5.69 Å². The maximum Gasteiger partial charge on any atom is 0.295 e. The van der Waals surface area contributed by atoms with Crippen LogP contribution >= 0.6 is 23.2 Å². The number of amides is 1. The second kappa shape index (κ2) is 7.26. The van der Waals surface area contributed by atoms with Crippen LogP contribution in [0, 0.1) is 13.8 Å². The van der Waals surface area contributed by atoms with E-state index in [1.807, 2.05) is 44.2 Å². The number of nitrogens with zero attached hydrogens (tertiary/aromatic N) is 1. The van der Waals surface area contributed by atoms with Crippen LogP contribution in [0.15, 0.2) is 69.9 Å². The van der Waals surface area contributed by atoms with Gasteiger partial charge in [0.1, 0.15) is 5.58 Å². The Balaban J connectivity index is 1.84. The van der Waals surface area contributed by atoms with Gasteiger partial charge in [0.2, 0.25) is 5.76 Å². The van der Waals surface area contributed by atoms with E-state index in [1.54, 1.807) is 35.2 Å². The van der Waals surface area contributed by atoms with E-state index in [-0.39, 0.29) is 17.1 Å². The predicted molar refractivity (Wildman–Crippen MR) is 124 cm³/mol. The average molecular weight is 450 g/mol. The normalized spacial score (nSPS) is 15.5. The molecular formula is C25H17Cl2NO3. The fraction of sp³-hybridized carbons (Fsp3) is 0.120. The lowest BCUT2D eigenvalue weighted by Gasteiger charge is -2.25. The highest BCUT2D eigenvalue weighted by molar-refractivity contribution is 6.42. The molecule has 31 heavy (non-hydrogen) atoms. The SMILES string of the molecule is Cc1cccc(N2C(=O)c3oc4ccc(C)cc4c(=O)c3C2c2ccc(Cl)c(Cl)c2)c1. The Morgan fingerprint density at radius 1 is 0.871 bits per heavy atom. The Kier molecular flexibility index (Phi) is 4.65. The van der Waals surface area contributed by atoms with E-state index < -0.39 is 6.04 Å². The van der Waals surface area contributed by atoms with Crippen LogP contribution < -0.4 is 10.3 Å². The molecule has 0 spiro atoms. The Morgan fingerprint density at radius 2 is 1.65 bits per heavy atom. The fourth-order valence-corrected chi connectivity index (χ4v) is 4.44. The van der Waals surface area contributed by atoms with Crippen LogP contribution in [0.5, 0.6) is 0 Å². The number of rotatable bonds is 2. The third-order valence-electron chi connectivity index (χ3n) is 5.56. The van der Waals surface area contributed by atoms with Crippen molar-refractivity contribution in [2.75, 3.05) is 4.90 Å². The monoisotopic (exact) mass is 449 g/mol. The molecule has 0 saturated carbocycles. The lowest BCUT2D eigenvalue weighted by molar-refractivity contribution is 0.0971. The van der Waals surface area contributed by atoms with E-state index in [0.717, 1.165) is 11.1 Å². The number of hydrogen-bond acceptors (Lipinski definition) is 3. The van der Waals surface area contributed by atoms with E-state index in [0.29, 0.717) is 37.8 Å². The number of fused-ring (bicyclic) bond motifs is 2. The largest absolute Gasteiger partial charge is 0.450 e. The molecule has 2 heterocycles. The van der Waals surface area contributed by atoms with Crippen molar-refractivity contribution in [3.63, 3.8) is 0 Å². The van der Waals surface area contributed by atoms with Gasteiger partial charge in [-0.15, -0.1) is 0 Å².